The van der Waals surface area contributed by atoms with Gasteiger partial charge < -0.3 is 0 Å². The third-order valence-electron chi connectivity index (χ3n) is 2.30. The maximum atomic E-state index is 11.5. The van der Waals surface area contributed by atoms with Crippen molar-refractivity contribution in [2.45, 2.75) is 6.92 Å². The lowest BCUT2D eigenvalue weighted by atomic mass is 10.3. The van der Waals surface area contributed by atoms with E-state index in [0.717, 1.165) is 11.0 Å². The lowest BCUT2D eigenvalue weighted by Crippen LogP contribution is -2.38. The van der Waals surface area contributed by atoms with E-state index in [4.69, 9.17) is 6.42 Å². The van der Waals surface area contributed by atoms with E-state index >= 15 is 0 Å². The number of terminal acetylenes is 1. The summed E-state index contributed by atoms with van der Waals surface area (Å²) in [4.78, 5) is 15.7. The van der Waals surface area contributed by atoms with Crippen LogP contribution in [0.25, 0.3) is 11.0 Å². The van der Waals surface area contributed by atoms with Gasteiger partial charge in [-0.15, -0.1) is 6.42 Å². The summed E-state index contributed by atoms with van der Waals surface area (Å²) in [6.07, 6.45) is 6.84. The smallest absolute Gasteiger partial charge is 0.239 e. The first-order valence-corrected chi connectivity index (χ1v) is 4.88. The molecule has 0 aliphatic carbocycles. The van der Waals surface area contributed by atoms with Gasteiger partial charge in [-0.2, -0.15) is 0 Å². The molecule has 0 bridgehead atoms. The molecule has 0 aliphatic rings. The molecule has 1 aromatic heterocycles. The zero-order valence-corrected chi connectivity index (χ0v) is 8.92. The molecule has 0 fully saturated rings. The van der Waals surface area contributed by atoms with Gasteiger partial charge >= 0.3 is 0 Å². The fourth-order valence-electron chi connectivity index (χ4n) is 1.56. The number of rotatable bonds is 2. The molecule has 2 aromatic rings. The highest BCUT2D eigenvalue weighted by Gasteiger charge is 2.12. The van der Waals surface area contributed by atoms with Crippen LogP contribution in [0.2, 0.25) is 0 Å². The Morgan fingerprint density at radius 3 is 3.00 bits per heavy atom. The standard InChI is InChI=1S/C12H11N3O/c1-3-8-14(10(2)16)15-9-13-11-6-4-5-7-12(11)15/h1,4-7,9H,8H2,2H3. The molecule has 1 aromatic carbocycles. The Kier molecular flexibility index (Phi) is 2.61. The van der Waals surface area contributed by atoms with Gasteiger partial charge in [0.15, 0.2) is 0 Å². The highest BCUT2D eigenvalue weighted by molar-refractivity contribution is 5.86. The summed E-state index contributed by atoms with van der Waals surface area (Å²) in [5, 5.41) is 1.47. The molecular weight excluding hydrogens is 202 g/mol. The molecule has 0 aliphatic heterocycles. The zero-order chi connectivity index (χ0) is 11.5. The van der Waals surface area contributed by atoms with E-state index in [1.807, 2.05) is 24.3 Å². The van der Waals surface area contributed by atoms with Crippen LogP contribution < -0.4 is 5.01 Å². The summed E-state index contributed by atoms with van der Waals surface area (Å²) in [5.41, 5.74) is 1.71. The van der Waals surface area contributed by atoms with Crippen LogP contribution in [0.4, 0.5) is 0 Å². The number of imidazole rings is 1. The Morgan fingerprint density at radius 2 is 2.31 bits per heavy atom. The van der Waals surface area contributed by atoms with Crippen LogP contribution in [0, 0.1) is 12.3 Å². The Morgan fingerprint density at radius 1 is 1.56 bits per heavy atom. The maximum absolute atomic E-state index is 11.5. The average Bonchev–Trinajstić information content (AvgIpc) is 2.69. The Balaban J connectivity index is 2.53. The number of benzene rings is 1. The minimum atomic E-state index is -0.110. The topological polar surface area (TPSA) is 38.1 Å². The normalized spacial score (nSPS) is 10.0. The number of hydrogen-bond acceptors (Lipinski definition) is 2. The van der Waals surface area contributed by atoms with Crippen LogP contribution >= 0.6 is 0 Å². The number of nitrogens with zero attached hydrogens (tertiary/aromatic N) is 3. The SMILES string of the molecule is C#CCN(C(C)=O)n1cnc2ccccc21. The molecule has 1 amide bonds. The molecule has 0 saturated carbocycles. The van der Waals surface area contributed by atoms with E-state index in [9.17, 15) is 4.79 Å². The minimum absolute atomic E-state index is 0.110. The van der Waals surface area contributed by atoms with Crippen molar-refractivity contribution in [1.82, 2.24) is 9.66 Å². The number of carbonyl (C=O) groups excluding carboxylic acids is 1. The van der Waals surface area contributed by atoms with Crippen molar-refractivity contribution >= 4 is 16.9 Å². The lowest BCUT2D eigenvalue weighted by Gasteiger charge is -2.19. The molecule has 0 atom stereocenters. The Hall–Kier alpha value is -2.28. The van der Waals surface area contributed by atoms with Crippen molar-refractivity contribution < 1.29 is 4.79 Å². The highest BCUT2D eigenvalue weighted by atomic mass is 16.2. The number of hydrogen-bond donors (Lipinski definition) is 0. The van der Waals surface area contributed by atoms with Gasteiger partial charge in [-0.05, 0) is 12.1 Å². The number of amides is 1. The largest absolute Gasteiger partial charge is 0.273 e. The van der Waals surface area contributed by atoms with E-state index in [2.05, 4.69) is 10.9 Å². The van der Waals surface area contributed by atoms with Gasteiger partial charge in [0, 0.05) is 6.92 Å². The van der Waals surface area contributed by atoms with Gasteiger partial charge in [-0.1, -0.05) is 18.1 Å². The number of aromatic nitrogens is 2. The molecule has 0 unspecified atom stereocenters. The van der Waals surface area contributed by atoms with Crippen molar-refractivity contribution in [3.63, 3.8) is 0 Å². The van der Waals surface area contributed by atoms with E-state index in [1.54, 1.807) is 11.0 Å². The Labute approximate surface area is 93.5 Å². The third kappa shape index (κ3) is 1.63. The van der Waals surface area contributed by atoms with Crippen LogP contribution in [0.5, 0.6) is 0 Å². The first kappa shape index (κ1) is 10.2. The summed E-state index contributed by atoms with van der Waals surface area (Å²) in [7, 11) is 0. The second-order valence-electron chi connectivity index (χ2n) is 3.36. The molecule has 1 heterocycles. The summed E-state index contributed by atoms with van der Waals surface area (Å²) in [6.45, 7) is 1.71. The quantitative estimate of drug-likeness (QED) is 0.702. The molecule has 0 radical (unpaired) electrons. The molecule has 0 spiro atoms. The number of para-hydroxylation sites is 2. The fourth-order valence-corrected chi connectivity index (χ4v) is 1.56. The molecule has 0 N–H and O–H groups in total. The summed E-state index contributed by atoms with van der Waals surface area (Å²) >= 11 is 0. The summed E-state index contributed by atoms with van der Waals surface area (Å²) in [5.74, 6) is 2.35. The first-order valence-electron chi connectivity index (χ1n) is 4.88. The van der Waals surface area contributed by atoms with Crippen LogP contribution in [0.3, 0.4) is 0 Å². The van der Waals surface area contributed by atoms with E-state index < -0.39 is 0 Å². The van der Waals surface area contributed by atoms with E-state index in [1.165, 1.54) is 11.9 Å². The second kappa shape index (κ2) is 4.07. The van der Waals surface area contributed by atoms with Crippen LogP contribution in [-0.4, -0.2) is 22.1 Å². The number of fused-ring (bicyclic) bond motifs is 1. The third-order valence-corrected chi connectivity index (χ3v) is 2.30. The Bertz CT molecular complexity index is 565. The van der Waals surface area contributed by atoms with Crippen molar-refractivity contribution in [3.05, 3.63) is 30.6 Å². The summed E-state index contributed by atoms with van der Waals surface area (Å²) in [6, 6.07) is 7.59. The van der Waals surface area contributed by atoms with Gasteiger partial charge in [-0.25, -0.2) is 14.7 Å². The van der Waals surface area contributed by atoms with Gasteiger partial charge in [0.2, 0.25) is 5.91 Å². The molecule has 4 nitrogen and oxygen atoms in total. The van der Waals surface area contributed by atoms with Crippen molar-refractivity contribution in [3.8, 4) is 12.3 Å². The zero-order valence-electron chi connectivity index (χ0n) is 8.92. The predicted octanol–water partition coefficient (Wildman–Crippen LogP) is 1.15. The average molecular weight is 213 g/mol. The van der Waals surface area contributed by atoms with Gasteiger partial charge in [-0.3, -0.25) is 4.79 Å². The second-order valence-corrected chi connectivity index (χ2v) is 3.36. The maximum Gasteiger partial charge on any atom is 0.239 e. The predicted molar refractivity (Wildman–Crippen MR) is 62.3 cm³/mol. The van der Waals surface area contributed by atoms with Gasteiger partial charge in [0.1, 0.15) is 12.9 Å². The molecule has 16 heavy (non-hydrogen) atoms. The summed E-state index contributed by atoms with van der Waals surface area (Å²) < 4.78 is 1.68. The van der Waals surface area contributed by atoms with Crippen LogP contribution in [-0.2, 0) is 4.79 Å². The van der Waals surface area contributed by atoms with Crippen LogP contribution in [0.15, 0.2) is 30.6 Å². The highest BCUT2D eigenvalue weighted by Crippen LogP contribution is 2.12. The van der Waals surface area contributed by atoms with E-state index in [-0.39, 0.29) is 12.5 Å². The molecule has 80 valence electrons. The van der Waals surface area contributed by atoms with Crippen molar-refractivity contribution in [1.29, 1.82) is 0 Å². The minimum Gasteiger partial charge on any atom is -0.273 e. The number of carbonyl (C=O) groups is 1. The van der Waals surface area contributed by atoms with E-state index in [0.29, 0.717) is 0 Å². The van der Waals surface area contributed by atoms with Gasteiger partial charge in [0.25, 0.3) is 0 Å². The lowest BCUT2D eigenvalue weighted by molar-refractivity contribution is -0.117. The molecular formula is C12H11N3O. The molecule has 0 saturated heterocycles. The van der Waals surface area contributed by atoms with Crippen molar-refractivity contribution in [2.75, 3.05) is 11.6 Å². The fraction of sp³-hybridized carbons (Fsp3) is 0.167. The monoisotopic (exact) mass is 213 g/mol. The molecule has 4 heteroatoms. The molecule has 2 rings (SSSR count). The van der Waals surface area contributed by atoms with Crippen LogP contribution in [0.1, 0.15) is 6.92 Å². The van der Waals surface area contributed by atoms with Crippen molar-refractivity contribution in [2.24, 2.45) is 0 Å². The first-order chi connectivity index (χ1) is 7.74. The van der Waals surface area contributed by atoms with Gasteiger partial charge in [0.05, 0.1) is 11.0 Å².